The zero-order chi connectivity index (χ0) is 22.6. The monoisotopic (exact) mass is 463 g/mol. The summed E-state index contributed by atoms with van der Waals surface area (Å²) >= 11 is 5.68. The van der Waals surface area contributed by atoms with Crippen LogP contribution in [-0.4, -0.2) is 0 Å². The highest BCUT2D eigenvalue weighted by atomic mass is 32.1. The molecule has 1 nitrogen and oxygen atoms in total. The lowest BCUT2D eigenvalue weighted by Gasteiger charge is -2.11. The maximum atomic E-state index is 13.3. The fraction of sp³-hybridized carbons (Fsp3) is 0.167. The highest BCUT2D eigenvalue weighted by Gasteiger charge is 2.34. The molecule has 1 N–H and O–H groups in total. The minimum atomic E-state index is -4.69. The topological polar surface area (TPSA) is 12.0 Å². The van der Waals surface area contributed by atoms with Crippen molar-refractivity contribution in [2.45, 2.75) is 31.5 Å². The molecule has 0 amide bonds. The Bertz CT molecular complexity index is 1140. The first kappa shape index (κ1) is 23.2. The van der Waals surface area contributed by atoms with E-state index in [2.05, 4.69) is 24.9 Å². The number of halogens is 4. The van der Waals surface area contributed by atoms with Crippen molar-refractivity contribution in [3.05, 3.63) is 94.8 Å². The van der Waals surface area contributed by atoms with Crippen molar-refractivity contribution in [3.63, 3.8) is 0 Å². The molecule has 162 valence electrons. The van der Waals surface area contributed by atoms with Crippen molar-refractivity contribution < 1.29 is 17.6 Å². The molecule has 1 heterocycles. The Morgan fingerprint density at radius 3 is 2.23 bits per heavy atom. The molecule has 0 atom stereocenters. The number of fused-ring (bicyclic) bond motifs is 1. The summed E-state index contributed by atoms with van der Waals surface area (Å²) in [5.74, 6) is -1.25. The zero-order valence-electron chi connectivity index (χ0n) is 16.9. The molecular formula is C24H21F4NS2. The molecule has 0 spiro atoms. The summed E-state index contributed by atoms with van der Waals surface area (Å²) in [5, 5.41) is 5.17. The first-order valence-electron chi connectivity index (χ1n) is 9.48. The van der Waals surface area contributed by atoms with Gasteiger partial charge in [0.15, 0.2) is 0 Å². The van der Waals surface area contributed by atoms with E-state index >= 15 is 0 Å². The Labute approximate surface area is 188 Å². The molecule has 0 saturated heterocycles. The average Bonchev–Trinajstić information content (AvgIpc) is 3.05. The number of rotatable bonds is 3. The maximum absolute atomic E-state index is 13.3. The smallest absolute Gasteiger partial charge is 0.373 e. The predicted molar refractivity (Wildman–Crippen MR) is 124 cm³/mol. The standard InChI is InChI=1S/C17H13F4NS.C7H8S/c1-10-12-4-2-3-5-15(12)23-16(10)22-9-11-6-7-14(18)13(8-11)17(19,20)21;1-6-2-4-7(8)5-3-6/h2-8,22H,9H2,1H3;2-5,8H,1H3. The van der Waals surface area contributed by atoms with Crippen molar-refractivity contribution in [3.8, 4) is 0 Å². The van der Waals surface area contributed by atoms with E-state index in [1.54, 1.807) is 11.3 Å². The van der Waals surface area contributed by atoms with Crippen LogP contribution >= 0.6 is 24.0 Å². The molecular weight excluding hydrogens is 442 g/mol. The first-order valence-corrected chi connectivity index (χ1v) is 10.7. The van der Waals surface area contributed by atoms with Crippen LogP contribution in [0.5, 0.6) is 0 Å². The van der Waals surface area contributed by atoms with E-state index in [-0.39, 0.29) is 6.54 Å². The third-order valence-corrected chi connectivity index (χ3v) is 6.20. The quantitative estimate of drug-likeness (QED) is 0.230. The number of hydrogen-bond donors (Lipinski definition) is 2. The summed E-state index contributed by atoms with van der Waals surface area (Å²) < 4.78 is 52.6. The molecule has 0 aliphatic heterocycles. The lowest BCUT2D eigenvalue weighted by atomic mass is 10.1. The van der Waals surface area contributed by atoms with Gasteiger partial charge in [0.25, 0.3) is 0 Å². The first-order chi connectivity index (χ1) is 14.6. The fourth-order valence-corrected chi connectivity index (χ4v) is 4.22. The minimum absolute atomic E-state index is 0.205. The molecule has 4 aromatic rings. The normalized spacial score (nSPS) is 11.2. The van der Waals surface area contributed by atoms with Crippen LogP contribution in [0.4, 0.5) is 22.6 Å². The molecule has 0 aliphatic carbocycles. The summed E-state index contributed by atoms with van der Waals surface area (Å²) in [6.07, 6.45) is -4.69. The third kappa shape index (κ3) is 6.02. The molecule has 4 rings (SSSR count). The number of alkyl halides is 3. The number of benzene rings is 3. The summed E-state index contributed by atoms with van der Waals surface area (Å²) in [6.45, 7) is 4.23. The molecule has 31 heavy (non-hydrogen) atoms. The van der Waals surface area contributed by atoms with Crippen LogP contribution in [0, 0.1) is 19.7 Å². The van der Waals surface area contributed by atoms with Crippen molar-refractivity contribution in [2.75, 3.05) is 5.32 Å². The minimum Gasteiger partial charge on any atom is -0.373 e. The van der Waals surface area contributed by atoms with Gasteiger partial charge in [-0.1, -0.05) is 42.0 Å². The van der Waals surface area contributed by atoms with Crippen molar-refractivity contribution in [2.24, 2.45) is 0 Å². The third-order valence-electron chi connectivity index (χ3n) is 4.67. The molecule has 0 unspecified atom stereocenters. The zero-order valence-corrected chi connectivity index (χ0v) is 18.6. The molecule has 7 heteroatoms. The highest BCUT2D eigenvalue weighted by molar-refractivity contribution is 7.80. The van der Waals surface area contributed by atoms with E-state index in [9.17, 15) is 17.6 Å². The Kier molecular flexibility index (Phi) is 7.28. The van der Waals surface area contributed by atoms with Gasteiger partial charge in [-0.2, -0.15) is 13.2 Å². The number of nitrogens with one attached hydrogen (secondary N) is 1. The number of thiol groups is 1. The molecule has 0 bridgehead atoms. The Balaban J connectivity index is 0.000000287. The van der Waals surface area contributed by atoms with Gasteiger partial charge in [-0.05, 0) is 60.7 Å². The molecule has 0 saturated carbocycles. The molecule has 3 aromatic carbocycles. The van der Waals surface area contributed by atoms with Crippen LogP contribution in [0.3, 0.4) is 0 Å². The number of thiophene rings is 1. The van der Waals surface area contributed by atoms with Gasteiger partial charge in [0.1, 0.15) is 5.82 Å². The molecule has 0 aliphatic rings. The molecule has 0 fully saturated rings. The van der Waals surface area contributed by atoms with Crippen LogP contribution in [0.15, 0.2) is 71.6 Å². The van der Waals surface area contributed by atoms with Crippen LogP contribution in [-0.2, 0) is 12.7 Å². The largest absolute Gasteiger partial charge is 0.419 e. The summed E-state index contributed by atoms with van der Waals surface area (Å²) in [4.78, 5) is 1.02. The number of aryl methyl sites for hydroxylation is 2. The number of anilines is 1. The highest BCUT2D eigenvalue weighted by Crippen LogP contribution is 2.36. The molecule has 1 aromatic heterocycles. The van der Waals surface area contributed by atoms with E-state index in [1.165, 1.54) is 11.6 Å². The second kappa shape index (κ2) is 9.75. The average molecular weight is 464 g/mol. The lowest BCUT2D eigenvalue weighted by molar-refractivity contribution is -0.140. The van der Waals surface area contributed by atoms with Crippen molar-refractivity contribution in [1.29, 1.82) is 0 Å². The van der Waals surface area contributed by atoms with E-state index in [0.717, 1.165) is 37.7 Å². The van der Waals surface area contributed by atoms with Gasteiger partial charge in [-0.15, -0.1) is 24.0 Å². The van der Waals surface area contributed by atoms with Crippen LogP contribution in [0.1, 0.15) is 22.3 Å². The SMILES string of the molecule is Cc1c(NCc2ccc(F)c(C(F)(F)F)c2)sc2ccccc12.Cc1ccc(S)cc1. The van der Waals surface area contributed by atoms with Crippen LogP contribution < -0.4 is 5.32 Å². The fourth-order valence-electron chi connectivity index (χ4n) is 2.97. The van der Waals surface area contributed by atoms with E-state index in [1.807, 2.05) is 55.5 Å². The van der Waals surface area contributed by atoms with E-state index in [0.29, 0.717) is 5.56 Å². The maximum Gasteiger partial charge on any atom is 0.419 e. The van der Waals surface area contributed by atoms with E-state index in [4.69, 9.17) is 0 Å². The van der Waals surface area contributed by atoms with Gasteiger partial charge in [-0.3, -0.25) is 0 Å². The number of hydrogen-bond acceptors (Lipinski definition) is 3. The van der Waals surface area contributed by atoms with Crippen molar-refractivity contribution in [1.82, 2.24) is 0 Å². The Hall–Kier alpha value is -2.51. The second-order valence-corrected chi connectivity index (χ2v) is 8.62. The summed E-state index contributed by atoms with van der Waals surface area (Å²) in [7, 11) is 0. The van der Waals surface area contributed by atoms with Gasteiger partial charge >= 0.3 is 6.18 Å². The van der Waals surface area contributed by atoms with Crippen molar-refractivity contribution >= 4 is 39.1 Å². The van der Waals surface area contributed by atoms with Gasteiger partial charge in [0, 0.05) is 16.1 Å². The van der Waals surface area contributed by atoms with Gasteiger partial charge in [0.2, 0.25) is 0 Å². The van der Waals surface area contributed by atoms with E-state index < -0.39 is 17.6 Å². The van der Waals surface area contributed by atoms with Gasteiger partial charge in [0.05, 0.1) is 10.6 Å². The van der Waals surface area contributed by atoms with Crippen LogP contribution in [0.2, 0.25) is 0 Å². The van der Waals surface area contributed by atoms with Crippen LogP contribution in [0.25, 0.3) is 10.1 Å². The molecule has 0 radical (unpaired) electrons. The Morgan fingerprint density at radius 2 is 1.61 bits per heavy atom. The van der Waals surface area contributed by atoms with Gasteiger partial charge < -0.3 is 5.32 Å². The summed E-state index contributed by atoms with van der Waals surface area (Å²) in [5.41, 5.74) is 1.49. The van der Waals surface area contributed by atoms with Gasteiger partial charge in [-0.25, -0.2) is 4.39 Å². The Morgan fingerprint density at radius 1 is 0.935 bits per heavy atom. The summed E-state index contributed by atoms with van der Waals surface area (Å²) in [6, 6.07) is 19.0. The predicted octanol–water partition coefficient (Wildman–Crippen LogP) is 8.26. The second-order valence-electron chi connectivity index (χ2n) is 7.05. The lowest BCUT2D eigenvalue weighted by Crippen LogP contribution is -2.09.